The first-order chi connectivity index (χ1) is 9.33. The van der Waals surface area contributed by atoms with E-state index in [1.807, 2.05) is 23.5 Å². The molecule has 0 bridgehead atoms. The zero-order valence-corrected chi connectivity index (χ0v) is 11.9. The molecule has 0 aromatic carbocycles. The minimum absolute atomic E-state index is 0.995. The normalized spacial score (nSPS) is 16.8. The summed E-state index contributed by atoms with van der Waals surface area (Å²) in [6.07, 6.45) is 1.72. The number of hydrogen-bond acceptors (Lipinski definition) is 5. The van der Waals surface area contributed by atoms with Gasteiger partial charge in [-0.3, -0.25) is 4.90 Å². The molecule has 1 aliphatic rings. The molecule has 2 aromatic rings. The van der Waals surface area contributed by atoms with E-state index >= 15 is 0 Å². The molecule has 0 atom stereocenters. The first kappa shape index (κ1) is 12.6. The Morgan fingerprint density at radius 2 is 2.05 bits per heavy atom. The maximum atomic E-state index is 4.18. The van der Waals surface area contributed by atoms with E-state index < -0.39 is 0 Å². The molecule has 3 rings (SSSR count). The number of piperazine rings is 1. The van der Waals surface area contributed by atoms with Crippen LogP contribution >= 0.6 is 11.3 Å². The Kier molecular flexibility index (Phi) is 3.75. The number of nitrogens with zero attached hydrogens (tertiary/aromatic N) is 4. The molecule has 0 N–H and O–H groups in total. The summed E-state index contributed by atoms with van der Waals surface area (Å²) in [6.45, 7) is 7.52. The molecule has 1 fully saturated rings. The maximum absolute atomic E-state index is 4.18. The molecule has 100 valence electrons. The van der Waals surface area contributed by atoms with Gasteiger partial charge in [0.25, 0.3) is 0 Å². The van der Waals surface area contributed by atoms with Crippen molar-refractivity contribution >= 4 is 17.2 Å². The smallest absolute Gasteiger partial charge is 0.151 e. The Bertz CT molecular complexity index is 517. The first-order valence-electron chi connectivity index (χ1n) is 6.61. The highest BCUT2D eigenvalue weighted by Crippen LogP contribution is 2.19. The topological polar surface area (TPSA) is 32.3 Å². The average molecular weight is 274 g/mol. The number of anilines is 1. The van der Waals surface area contributed by atoms with Crippen molar-refractivity contribution in [3.8, 4) is 0 Å². The number of aryl methyl sites for hydroxylation is 1. The minimum atomic E-state index is 0.995. The van der Waals surface area contributed by atoms with Gasteiger partial charge in [0.1, 0.15) is 0 Å². The van der Waals surface area contributed by atoms with Crippen LogP contribution in [0.5, 0.6) is 0 Å². The van der Waals surface area contributed by atoms with Crippen LogP contribution in [-0.4, -0.2) is 41.3 Å². The quantitative estimate of drug-likeness (QED) is 0.858. The van der Waals surface area contributed by atoms with Crippen LogP contribution in [0.25, 0.3) is 0 Å². The summed E-state index contributed by atoms with van der Waals surface area (Å²) in [4.78, 5) is 6.32. The summed E-state index contributed by atoms with van der Waals surface area (Å²) >= 11 is 1.86. The van der Waals surface area contributed by atoms with Crippen molar-refractivity contribution in [2.75, 3.05) is 31.1 Å². The lowest BCUT2D eigenvalue weighted by Crippen LogP contribution is -2.46. The largest absolute Gasteiger partial charge is 0.353 e. The highest BCUT2D eigenvalue weighted by molar-refractivity contribution is 7.10. The summed E-state index contributed by atoms with van der Waals surface area (Å²) in [6, 6.07) is 6.19. The number of rotatable bonds is 3. The second kappa shape index (κ2) is 5.67. The zero-order valence-electron chi connectivity index (χ0n) is 11.1. The molecule has 0 aliphatic carbocycles. The lowest BCUT2D eigenvalue weighted by molar-refractivity contribution is 0.251. The fourth-order valence-electron chi connectivity index (χ4n) is 2.37. The van der Waals surface area contributed by atoms with E-state index in [0.29, 0.717) is 0 Å². The predicted molar refractivity (Wildman–Crippen MR) is 78.6 cm³/mol. The third-order valence-electron chi connectivity index (χ3n) is 3.59. The van der Waals surface area contributed by atoms with E-state index in [2.05, 4.69) is 38.4 Å². The molecular formula is C14H18N4S. The number of thiophene rings is 1. The predicted octanol–water partition coefficient (Wildman–Crippen LogP) is 2.17. The molecule has 1 saturated heterocycles. The SMILES string of the molecule is Cc1ccsc1CN1CCN(c2cccnn2)CC1. The molecule has 0 saturated carbocycles. The van der Waals surface area contributed by atoms with Crippen molar-refractivity contribution in [2.45, 2.75) is 13.5 Å². The second-order valence-electron chi connectivity index (χ2n) is 4.87. The Balaban J connectivity index is 1.57. The Morgan fingerprint density at radius 1 is 1.21 bits per heavy atom. The monoisotopic (exact) mass is 274 g/mol. The molecule has 1 aliphatic heterocycles. The van der Waals surface area contributed by atoms with Gasteiger partial charge < -0.3 is 4.90 Å². The fraction of sp³-hybridized carbons (Fsp3) is 0.429. The van der Waals surface area contributed by atoms with Gasteiger partial charge in [-0.15, -0.1) is 16.4 Å². The van der Waals surface area contributed by atoms with Gasteiger partial charge in [-0.2, -0.15) is 5.10 Å². The Hall–Kier alpha value is -1.46. The lowest BCUT2D eigenvalue weighted by atomic mass is 10.2. The van der Waals surface area contributed by atoms with Crippen molar-refractivity contribution in [2.24, 2.45) is 0 Å². The van der Waals surface area contributed by atoms with Crippen LogP contribution in [0, 0.1) is 6.92 Å². The van der Waals surface area contributed by atoms with Crippen LogP contribution in [0.4, 0.5) is 5.82 Å². The maximum Gasteiger partial charge on any atom is 0.151 e. The lowest BCUT2D eigenvalue weighted by Gasteiger charge is -2.35. The van der Waals surface area contributed by atoms with E-state index in [0.717, 1.165) is 38.5 Å². The van der Waals surface area contributed by atoms with Gasteiger partial charge in [0, 0.05) is 43.8 Å². The molecule has 0 spiro atoms. The van der Waals surface area contributed by atoms with Crippen LogP contribution < -0.4 is 4.90 Å². The molecule has 0 unspecified atom stereocenters. The second-order valence-corrected chi connectivity index (χ2v) is 5.87. The highest BCUT2D eigenvalue weighted by Gasteiger charge is 2.18. The number of aromatic nitrogens is 2. The third-order valence-corrected chi connectivity index (χ3v) is 4.60. The standard InChI is InChI=1S/C14H18N4S/c1-12-4-10-19-13(12)11-17-6-8-18(9-7-17)14-3-2-5-15-16-14/h2-5,10H,6-9,11H2,1H3. The van der Waals surface area contributed by atoms with Gasteiger partial charge >= 0.3 is 0 Å². The minimum Gasteiger partial charge on any atom is -0.353 e. The molecule has 4 nitrogen and oxygen atoms in total. The summed E-state index contributed by atoms with van der Waals surface area (Å²) in [7, 11) is 0. The summed E-state index contributed by atoms with van der Waals surface area (Å²) < 4.78 is 0. The molecule has 0 radical (unpaired) electrons. The summed E-state index contributed by atoms with van der Waals surface area (Å²) in [5, 5.41) is 10.3. The summed E-state index contributed by atoms with van der Waals surface area (Å²) in [5.74, 6) is 0.995. The van der Waals surface area contributed by atoms with E-state index in [1.165, 1.54) is 10.4 Å². The molecule has 3 heterocycles. The molecule has 5 heteroatoms. The van der Waals surface area contributed by atoms with E-state index in [4.69, 9.17) is 0 Å². The Morgan fingerprint density at radius 3 is 2.68 bits per heavy atom. The van der Waals surface area contributed by atoms with Crippen LogP contribution in [0.2, 0.25) is 0 Å². The van der Waals surface area contributed by atoms with E-state index in [-0.39, 0.29) is 0 Å². The van der Waals surface area contributed by atoms with E-state index in [1.54, 1.807) is 6.20 Å². The molecule has 0 amide bonds. The van der Waals surface area contributed by atoms with Crippen molar-refractivity contribution in [3.05, 3.63) is 40.2 Å². The van der Waals surface area contributed by atoms with Gasteiger partial charge in [0.2, 0.25) is 0 Å². The highest BCUT2D eigenvalue weighted by atomic mass is 32.1. The van der Waals surface area contributed by atoms with Gasteiger partial charge in [0.15, 0.2) is 5.82 Å². The Labute approximate surface area is 117 Å². The van der Waals surface area contributed by atoms with Crippen LogP contribution in [0.15, 0.2) is 29.8 Å². The van der Waals surface area contributed by atoms with Gasteiger partial charge in [-0.1, -0.05) is 0 Å². The van der Waals surface area contributed by atoms with Crippen molar-refractivity contribution in [1.82, 2.24) is 15.1 Å². The van der Waals surface area contributed by atoms with Crippen LogP contribution in [-0.2, 0) is 6.54 Å². The van der Waals surface area contributed by atoms with E-state index in [9.17, 15) is 0 Å². The van der Waals surface area contributed by atoms with Gasteiger partial charge in [-0.25, -0.2) is 0 Å². The van der Waals surface area contributed by atoms with Crippen LogP contribution in [0.1, 0.15) is 10.4 Å². The molecular weight excluding hydrogens is 256 g/mol. The van der Waals surface area contributed by atoms with Gasteiger partial charge in [-0.05, 0) is 36.1 Å². The molecule has 2 aromatic heterocycles. The van der Waals surface area contributed by atoms with Gasteiger partial charge in [0.05, 0.1) is 0 Å². The zero-order chi connectivity index (χ0) is 13.1. The first-order valence-corrected chi connectivity index (χ1v) is 7.49. The summed E-state index contributed by atoms with van der Waals surface area (Å²) in [5.41, 5.74) is 1.42. The number of hydrogen-bond donors (Lipinski definition) is 0. The van der Waals surface area contributed by atoms with Crippen molar-refractivity contribution < 1.29 is 0 Å². The van der Waals surface area contributed by atoms with Crippen molar-refractivity contribution in [1.29, 1.82) is 0 Å². The molecule has 19 heavy (non-hydrogen) atoms. The fourth-order valence-corrected chi connectivity index (χ4v) is 3.31. The average Bonchev–Trinajstić information content (AvgIpc) is 2.86. The van der Waals surface area contributed by atoms with Crippen LogP contribution in [0.3, 0.4) is 0 Å². The third kappa shape index (κ3) is 2.93. The van der Waals surface area contributed by atoms with Crippen molar-refractivity contribution in [3.63, 3.8) is 0 Å².